The van der Waals surface area contributed by atoms with Gasteiger partial charge in [-0.25, -0.2) is 0 Å². The minimum absolute atomic E-state index is 0.0505. The number of fused-ring (bicyclic) bond motifs is 4. The van der Waals surface area contributed by atoms with E-state index in [1.54, 1.807) is 7.11 Å². The number of benzene rings is 1. The van der Waals surface area contributed by atoms with Gasteiger partial charge in [-0.05, 0) is 38.3 Å². The van der Waals surface area contributed by atoms with Crippen molar-refractivity contribution in [3.8, 4) is 0 Å². The van der Waals surface area contributed by atoms with Crippen LogP contribution in [0.5, 0.6) is 0 Å². The van der Waals surface area contributed by atoms with Crippen LogP contribution in [0.2, 0.25) is 0 Å². The number of rotatable bonds is 4. The molecule has 0 aliphatic carbocycles. The monoisotopic (exact) mass is 330 g/mol. The van der Waals surface area contributed by atoms with Crippen molar-refractivity contribution in [2.75, 3.05) is 33.4 Å². The first-order valence-electron chi connectivity index (χ1n) is 8.67. The summed E-state index contributed by atoms with van der Waals surface area (Å²) in [6.07, 6.45) is 1.85. The van der Waals surface area contributed by atoms with E-state index in [0.717, 1.165) is 29.5 Å². The smallest absolute Gasteiger partial charge is 0.254 e. The van der Waals surface area contributed by atoms with E-state index in [9.17, 15) is 9.59 Å². The molecule has 3 aliphatic heterocycles. The highest BCUT2D eigenvalue weighted by Crippen LogP contribution is 2.30. The Morgan fingerprint density at radius 1 is 1.25 bits per heavy atom. The Hall–Kier alpha value is -1.88. The maximum Gasteiger partial charge on any atom is 0.254 e. The molecule has 0 saturated carbocycles. The normalized spacial score (nSPS) is 23.5. The molecule has 24 heavy (non-hydrogen) atoms. The number of piperidine rings is 1. The van der Waals surface area contributed by atoms with E-state index < -0.39 is 0 Å². The van der Waals surface area contributed by atoms with Crippen molar-refractivity contribution < 1.29 is 14.3 Å². The zero-order valence-corrected chi connectivity index (χ0v) is 14.7. The average Bonchev–Trinajstić information content (AvgIpc) is 2.86. The van der Waals surface area contributed by atoms with Gasteiger partial charge in [0.1, 0.15) is 0 Å². The van der Waals surface area contributed by atoms with E-state index in [1.807, 2.05) is 41.8 Å². The van der Waals surface area contributed by atoms with Crippen LogP contribution in [0, 0.1) is 19.8 Å². The third kappa shape index (κ3) is 3.18. The molecule has 0 aromatic heterocycles. The standard InChI is InChI=1S/C19H26N2O3/c1-13-4-5-14(2)17(10-13)19(23)20-11-15-6-7-16(12-20)21(18(15)22)8-9-24-3/h4-5,10,15-16H,6-9,11-12H2,1-3H3/t15-,16+/m0/s1. The Labute approximate surface area is 143 Å². The Balaban J connectivity index is 1.82. The molecular formula is C19H26N2O3. The van der Waals surface area contributed by atoms with Gasteiger partial charge in [0, 0.05) is 38.3 Å². The van der Waals surface area contributed by atoms with Gasteiger partial charge in [-0.2, -0.15) is 0 Å². The average molecular weight is 330 g/mol. The molecule has 4 rings (SSSR count). The molecule has 2 atom stereocenters. The van der Waals surface area contributed by atoms with Crippen LogP contribution in [-0.4, -0.2) is 61.0 Å². The summed E-state index contributed by atoms with van der Waals surface area (Å²) >= 11 is 0. The Morgan fingerprint density at radius 2 is 2.04 bits per heavy atom. The van der Waals surface area contributed by atoms with Gasteiger partial charge in [0.05, 0.1) is 12.5 Å². The summed E-state index contributed by atoms with van der Waals surface area (Å²) in [4.78, 5) is 29.5. The fourth-order valence-corrected chi connectivity index (χ4v) is 3.83. The van der Waals surface area contributed by atoms with Crippen molar-refractivity contribution >= 4 is 11.8 Å². The van der Waals surface area contributed by atoms with E-state index >= 15 is 0 Å². The summed E-state index contributed by atoms with van der Waals surface area (Å²) in [7, 11) is 1.65. The maximum atomic E-state index is 13.0. The molecule has 0 radical (unpaired) electrons. The summed E-state index contributed by atoms with van der Waals surface area (Å²) in [6.45, 7) is 6.28. The number of hydrogen-bond donors (Lipinski definition) is 0. The van der Waals surface area contributed by atoms with Gasteiger partial charge in [-0.15, -0.1) is 0 Å². The van der Waals surface area contributed by atoms with Crippen LogP contribution in [-0.2, 0) is 9.53 Å². The molecule has 0 unspecified atom stereocenters. The predicted molar refractivity (Wildman–Crippen MR) is 91.9 cm³/mol. The number of hydrogen-bond acceptors (Lipinski definition) is 3. The van der Waals surface area contributed by atoms with Crippen LogP contribution < -0.4 is 0 Å². The van der Waals surface area contributed by atoms with Gasteiger partial charge in [0.15, 0.2) is 0 Å². The van der Waals surface area contributed by atoms with E-state index in [2.05, 4.69) is 0 Å². The van der Waals surface area contributed by atoms with Crippen molar-refractivity contribution in [1.82, 2.24) is 9.80 Å². The molecule has 3 saturated heterocycles. The molecule has 0 N–H and O–H groups in total. The highest BCUT2D eigenvalue weighted by Gasteiger charge is 2.41. The highest BCUT2D eigenvalue weighted by atomic mass is 16.5. The second-order valence-electron chi connectivity index (χ2n) is 6.98. The molecule has 3 heterocycles. The SMILES string of the molecule is COCCN1C(=O)[C@H]2CC[C@@H]1CN(C(=O)c1cc(C)ccc1C)C2. The predicted octanol–water partition coefficient (Wildman–Crippen LogP) is 2.01. The third-order valence-electron chi connectivity index (χ3n) is 5.24. The minimum Gasteiger partial charge on any atom is -0.383 e. The number of nitrogens with zero attached hydrogens (tertiary/aromatic N) is 2. The lowest BCUT2D eigenvalue weighted by molar-refractivity contribution is -0.140. The minimum atomic E-state index is -0.0744. The summed E-state index contributed by atoms with van der Waals surface area (Å²) in [5.41, 5.74) is 2.83. The zero-order valence-electron chi connectivity index (χ0n) is 14.7. The van der Waals surface area contributed by atoms with E-state index in [-0.39, 0.29) is 23.8 Å². The number of methoxy groups -OCH3 is 1. The highest BCUT2D eigenvalue weighted by molar-refractivity contribution is 5.96. The molecule has 5 heteroatoms. The van der Waals surface area contributed by atoms with Crippen LogP contribution in [0.4, 0.5) is 0 Å². The molecule has 2 bridgehead atoms. The van der Waals surface area contributed by atoms with Crippen LogP contribution in [0.15, 0.2) is 18.2 Å². The number of ether oxygens (including phenoxy) is 1. The molecule has 130 valence electrons. The van der Waals surface area contributed by atoms with Crippen molar-refractivity contribution in [2.45, 2.75) is 32.7 Å². The van der Waals surface area contributed by atoms with Crippen LogP contribution in [0.1, 0.15) is 34.3 Å². The van der Waals surface area contributed by atoms with Crippen molar-refractivity contribution in [3.05, 3.63) is 34.9 Å². The van der Waals surface area contributed by atoms with E-state index in [1.165, 1.54) is 0 Å². The van der Waals surface area contributed by atoms with Crippen molar-refractivity contribution in [3.63, 3.8) is 0 Å². The molecule has 5 nitrogen and oxygen atoms in total. The number of aryl methyl sites for hydroxylation is 2. The fourth-order valence-electron chi connectivity index (χ4n) is 3.83. The van der Waals surface area contributed by atoms with Gasteiger partial charge in [-0.1, -0.05) is 17.7 Å². The summed E-state index contributed by atoms with van der Waals surface area (Å²) < 4.78 is 5.14. The lowest BCUT2D eigenvalue weighted by Gasteiger charge is -2.35. The van der Waals surface area contributed by atoms with Gasteiger partial charge >= 0.3 is 0 Å². The van der Waals surface area contributed by atoms with Crippen LogP contribution in [0.25, 0.3) is 0 Å². The topological polar surface area (TPSA) is 49.9 Å². The Kier molecular flexibility index (Phi) is 4.90. The Morgan fingerprint density at radius 3 is 2.79 bits per heavy atom. The lowest BCUT2D eigenvalue weighted by atomic mass is 9.94. The second-order valence-corrected chi connectivity index (χ2v) is 6.98. The summed E-state index contributed by atoms with van der Waals surface area (Å²) in [5.74, 6) is 0.156. The molecule has 2 amide bonds. The third-order valence-corrected chi connectivity index (χ3v) is 5.24. The largest absolute Gasteiger partial charge is 0.383 e. The van der Waals surface area contributed by atoms with E-state index in [4.69, 9.17) is 4.74 Å². The first kappa shape index (κ1) is 17.0. The molecule has 3 aliphatic rings. The summed E-state index contributed by atoms with van der Waals surface area (Å²) in [5, 5.41) is 0. The number of carbonyl (C=O) groups is 2. The van der Waals surface area contributed by atoms with E-state index in [0.29, 0.717) is 26.2 Å². The molecule has 1 aromatic rings. The van der Waals surface area contributed by atoms with Crippen LogP contribution in [0.3, 0.4) is 0 Å². The fraction of sp³-hybridized carbons (Fsp3) is 0.579. The van der Waals surface area contributed by atoms with Crippen molar-refractivity contribution in [1.29, 1.82) is 0 Å². The molecule has 3 fully saturated rings. The van der Waals surface area contributed by atoms with Crippen LogP contribution >= 0.6 is 0 Å². The maximum absolute atomic E-state index is 13.0. The van der Waals surface area contributed by atoms with Gasteiger partial charge in [0.25, 0.3) is 5.91 Å². The quantitative estimate of drug-likeness (QED) is 0.848. The molecule has 0 spiro atoms. The Bertz CT molecular complexity index is 643. The van der Waals surface area contributed by atoms with Crippen molar-refractivity contribution in [2.24, 2.45) is 5.92 Å². The molecule has 1 aromatic carbocycles. The number of amides is 2. The first-order chi connectivity index (χ1) is 11.5. The second kappa shape index (κ2) is 6.93. The zero-order chi connectivity index (χ0) is 17.3. The van der Waals surface area contributed by atoms with Gasteiger partial charge in [0.2, 0.25) is 5.91 Å². The number of carbonyl (C=O) groups excluding carboxylic acids is 2. The van der Waals surface area contributed by atoms with Gasteiger partial charge < -0.3 is 14.5 Å². The van der Waals surface area contributed by atoms with Gasteiger partial charge in [-0.3, -0.25) is 9.59 Å². The molecular weight excluding hydrogens is 304 g/mol. The summed E-state index contributed by atoms with van der Waals surface area (Å²) in [6, 6.07) is 6.08. The first-order valence-corrected chi connectivity index (χ1v) is 8.67. The lowest BCUT2D eigenvalue weighted by Crippen LogP contribution is -2.49.